The Labute approximate surface area is 224 Å². The summed E-state index contributed by atoms with van der Waals surface area (Å²) in [5.74, 6) is 1.43. The molecule has 1 amide bonds. The van der Waals surface area contributed by atoms with Gasteiger partial charge in [0, 0.05) is 53.9 Å². The summed E-state index contributed by atoms with van der Waals surface area (Å²) in [7, 11) is 3.94. The molecule has 3 heterocycles. The van der Waals surface area contributed by atoms with Gasteiger partial charge in [-0.2, -0.15) is 10.1 Å². The first-order valence-corrected chi connectivity index (χ1v) is 12.4. The number of aromatic nitrogens is 6. The van der Waals surface area contributed by atoms with E-state index in [-0.39, 0.29) is 0 Å². The third-order valence-corrected chi connectivity index (χ3v) is 6.96. The molecule has 39 heavy (non-hydrogen) atoms. The molecule has 0 aliphatic heterocycles. The van der Waals surface area contributed by atoms with E-state index in [2.05, 4.69) is 50.5 Å². The topological polar surface area (TPSA) is 131 Å². The lowest BCUT2D eigenvalue weighted by Crippen LogP contribution is -2.14. The summed E-state index contributed by atoms with van der Waals surface area (Å²) < 4.78 is 1.89. The van der Waals surface area contributed by atoms with Gasteiger partial charge >= 0.3 is 0 Å². The number of anilines is 4. The van der Waals surface area contributed by atoms with Crippen molar-refractivity contribution in [1.82, 2.24) is 29.7 Å². The molecular weight excluding hydrogens is 490 g/mol. The van der Waals surface area contributed by atoms with Crippen molar-refractivity contribution < 1.29 is 4.79 Å². The largest absolute Gasteiger partial charge is 0.366 e. The summed E-state index contributed by atoms with van der Waals surface area (Å²) in [4.78, 5) is 30.9. The Morgan fingerprint density at radius 2 is 1.85 bits per heavy atom. The molecule has 0 fully saturated rings. The molecule has 0 unspecified atom stereocenters. The summed E-state index contributed by atoms with van der Waals surface area (Å²) in [6.45, 7) is 4.05. The highest BCUT2D eigenvalue weighted by atomic mass is 16.1. The van der Waals surface area contributed by atoms with Crippen LogP contribution >= 0.6 is 0 Å². The Kier molecular flexibility index (Phi) is 5.72. The number of aromatic amines is 1. The van der Waals surface area contributed by atoms with Gasteiger partial charge in [-0.1, -0.05) is 6.07 Å². The number of nitrogens with one attached hydrogen (secondary N) is 2. The fraction of sp³-hybridized carbons (Fsp3) is 0.138. The monoisotopic (exact) mass is 517 g/mol. The van der Waals surface area contributed by atoms with E-state index < -0.39 is 5.91 Å². The van der Waals surface area contributed by atoms with Crippen molar-refractivity contribution in [3.63, 3.8) is 0 Å². The van der Waals surface area contributed by atoms with Crippen LogP contribution in [0.5, 0.6) is 0 Å². The number of para-hydroxylation sites is 1. The summed E-state index contributed by atoms with van der Waals surface area (Å²) in [5, 5.41) is 9.04. The zero-order valence-electron chi connectivity index (χ0n) is 22.0. The van der Waals surface area contributed by atoms with Crippen molar-refractivity contribution in [2.45, 2.75) is 13.8 Å². The van der Waals surface area contributed by atoms with Crippen molar-refractivity contribution >= 4 is 51.0 Å². The number of aryl methyl sites for hydroxylation is 3. The normalized spacial score (nSPS) is 11.3. The van der Waals surface area contributed by atoms with Crippen LogP contribution in [0, 0.1) is 13.8 Å². The van der Waals surface area contributed by atoms with E-state index in [0.717, 1.165) is 50.4 Å². The van der Waals surface area contributed by atoms with E-state index in [1.807, 2.05) is 67.1 Å². The molecular formula is C29H27N9O. The van der Waals surface area contributed by atoms with Gasteiger partial charge in [-0.25, -0.2) is 9.97 Å². The van der Waals surface area contributed by atoms with Crippen molar-refractivity contribution in [2.24, 2.45) is 12.8 Å². The second kappa shape index (κ2) is 9.25. The SMILES string of the molecule is Cc1cnc(Nc2ccc(-c3nc4c(C(N)=O)cccc4[nH]3)cc2)nc1N(C)c1ccc2c(C)n(C)nc2c1. The maximum absolute atomic E-state index is 11.8. The van der Waals surface area contributed by atoms with Crippen LogP contribution in [-0.2, 0) is 7.05 Å². The Hall–Kier alpha value is -5.25. The van der Waals surface area contributed by atoms with E-state index in [4.69, 9.17) is 10.7 Å². The number of imidazole rings is 1. The van der Waals surface area contributed by atoms with Crippen molar-refractivity contribution in [2.75, 3.05) is 17.3 Å². The Morgan fingerprint density at radius 1 is 1.05 bits per heavy atom. The number of nitrogens with zero attached hydrogens (tertiary/aromatic N) is 6. The van der Waals surface area contributed by atoms with E-state index in [1.54, 1.807) is 12.1 Å². The number of H-pyrrole nitrogens is 1. The molecule has 10 heteroatoms. The first-order chi connectivity index (χ1) is 18.8. The molecule has 3 aromatic heterocycles. The van der Waals surface area contributed by atoms with Crippen LogP contribution in [0.15, 0.2) is 66.9 Å². The fourth-order valence-corrected chi connectivity index (χ4v) is 4.69. The average Bonchev–Trinajstić information content (AvgIpc) is 3.49. The number of fused-ring (bicyclic) bond motifs is 2. The van der Waals surface area contributed by atoms with Crippen LogP contribution in [0.25, 0.3) is 33.3 Å². The van der Waals surface area contributed by atoms with Gasteiger partial charge in [0.1, 0.15) is 17.2 Å². The Balaban J connectivity index is 1.24. The first-order valence-electron chi connectivity index (χ1n) is 12.4. The predicted molar refractivity (Wildman–Crippen MR) is 154 cm³/mol. The predicted octanol–water partition coefficient (Wildman–Crippen LogP) is 5.13. The lowest BCUT2D eigenvalue weighted by Gasteiger charge is -2.21. The van der Waals surface area contributed by atoms with E-state index >= 15 is 0 Å². The third kappa shape index (κ3) is 4.31. The molecule has 0 atom stereocenters. The zero-order valence-corrected chi connectivity index (χ0v) is 22.0. The lowest BCUT2D eigenvalue weighted by atomic mass is 10.2. The molecule has 0 radical (unpaired) electrons. The highest BCUT2D eigenvalue weighted by Gasteiger charge is 2.15. The number of carbonyl (C=O) groups is 1. The summed E-state index contributed by atoms with van der Waals surface area (Å²) in [5.41, 5.74) is 12.9. The van der Waals surface area contributed by atoms with Gasteiger partial charge in [0.2, 0.25) is 5.95 Å². The minimum absolute atomic E-state index is 0.389. The maximum atomic E-state index is 11.8. The molecule has 194 valence electrons. The van der Waals surface area contributed by atoms with Crippen LogP contribution in [0.1, 0.15) is 21.6 Å². The highest BCUT2D eigenvalue weighted by molar-refractivity contribution is 6.04. The summed E-state index contributed by atoms with van der Waals surface area (Å²) in [6, 6.07) is 19.3. The molecule has 4 N–H and O–H groups in total. The van der Waals surface area contributed by atoms with Crippen LogP contribution < -0.4 is 16.0 Å². The van der Waals surface area contributed by atoms with Crippen LogP contribution in [0.4, 0.5) is 23.1 Å². The van der Waals surface area contributed by atoms with Gasteiger partial charge in [-0.15, -0.1) is 0 Å². The molecule has 0 saturated heterocycles. The van der Waals surface area contributed by atoms with Crippen LogP contribution in [0.2, 0.25) is 0 Å². The molecule has 10 nitrogen and oxygen atoms in total. The number of hydrogen-bond acceptors (Lipinski definition) is 7. The number of amides is 1. The van der Waals surface area contributed by atoms with Crippen molar-refractivity contribution in [3.8, 4) is 11.4 Å². The maximum Gasteiger partial charge on any atom is 0.250 e. The van der Waals surface area contributed by atoms with Crippen LogP contribution in [0.3, 0.4) is 0 Å². The van der Waals surface area contributed by atoms with Gasteiger partial charge < -0.3 is 20.9 Å². The molecule has 6 rings (SSSR count). The smallest absolute Gasteiger partial charge is 0.250 e. The standard InChI is InChI=1S/C29H27N9O/c1-16-15-31-29(35-28(16)37(3)20-12-13-21-17(2)38(4)36-24(21)14-20)32-19-10-8-18(9-11-19)27-33-23-7-5-6-22(26(30)39)25(23)34-27/h5-15H,1-4H3,(H2,30,39)(H,33,34)(H,31,32,35). The average molecular weight is 518 g/mol. The Bertz CT molecular complexity index is 1870. The van der Waals surface area contributed by atoms with E-state index in [9.17, 15) is 4.79 Å². The fourth-order valence-electron chi connectivity index (χ4n) is 4.69. The molecule has 0 aliphatic carbocycles. The number of primary amides is 1. The zero-order chi connectivity index (χ0) is 27.3. The van der Waals surface area contributed by atoms with Gasteiger partial charge in [-0.3, -0.25) is 9.48 Å². The molecule has 0 aliphatic rings. The highest BCUT2D eigenvalue weighted by Crippen LogP contribution is 2.30. The van der Waals surface area contributed by atoms with Gasteiger partial charge in [-0.05, 0) is 68.4 Å². The number of benzene rings is 3. The van der Waals surface area contributed by atoms with Crippen LogP contribution in [-0.4, -0.2) is 42.7 Å². The minimum atomic E-state index is -0.506. The van der Waals surface area contributed by atoms with Crippen molar-refractivity contribution in [1.29, 1.82) is 0 Å². The van der Waals surface area contributed by atoms with E-state index in [1.165, 1.54) is 0 Å². The van der Waals surface area contributed by atoms with Gasteiger partial charge in [0.15, 0.2) is 0 Å². The first kappa shape index (κ1) is 24.1. The number of carbonyl (C=O) groups excluding carboxylic acids is 1. The lowest BCUT2D eigenvalue weighted by molar-refractivity contribution is 0.100. The number of nitrogens with two attached hydrogens (primary N) is 1. The quantitative estimate of drug-likeness (QED) is 0.279. The molecule has 0 saturated carbocycles. The third-order valence-electron chi connectivity index (χ3n) is 6.96. The summed E-state index contributed by atoms with van der Waals surface area (Å²) >= 11 is 0. The second-order valence-corrected chi connectivity index (χ2v) is 9.52. The van der Waals surface area contributed by atoms with Crippen molar-refractivity contribution in [3.05, 3.63) is 83.7 Å². The second-order valence-electron chi connectivity index (χ2n) is 9.52. The minimum Gasteiger partial charge on any atom is -0.366 e. The molecule has 6 aromatic rings. The van der Waals surface area contributed by atoms with E-state index in [0.29, 0.717) is 22.9 Å². The van der Waals surface area contributed by atoms with Gasteiger partial charge in [0.25, 0.3) is 5.91 Å². The summed E-state index contributed by atoms with van der Waals surface area (Å²) in [6.07, 6.45) is 1.81. The van der Waals surface area contributed by atoms with Gasteiger partial charge in [0.05, 0.1) is 16.6 Å². The molecule has 0 bridgehead atoms. The number of rotatable bonds is 6. The molecule has 0 spiro atoms. The number of hydrogen-bond donors (Lipinski definition) is 3. The Morgan fingerprint density at radius 3 is 2.62 bits per heavy atom. The molecule has 3 aromatic carbocycles.